The summed E-state index contributed by atoms with van der Waals surface area (Å²) in [6, 6.07) is 13.6. The van der Waals surface area contributed by atoms with Gasteiger partial charge in [-0.3, -0.25) is 14.5 Å². The second kappa shape index (κ2) is 7.59. The first-order valence-corrected chi connectivity index (χ1v) is 9.71. The van der Waals surface area contributed by atoms with E-state index in [1.807, 2.05) is 61.5 Å². The summed E-state index contributed by atoms with van der Waals surface area (Å²) in [6.45, 7) is 0.412. The molecule has 6 nitrogen and oxygen atoms in total. The van der Waals surface area contributed by atoms with Crippen molar-refractivity contribution in [3.05, 3.63) is 64.6 Å². The fourth-order valence-corrected chi connectivity index (χ4v) is 3.85. The van der Waals surface area contributed by atoms with E-state index >= 15 is 0 Å². The van der Waals surface area contributed by atoms with Crippen LogP contribution in [0.1, 0.15) is 11.1 Å². The second-order valence-electron chi connectivity index (χ2n) is 6.78. The van der Waals surface area contributed by atoms with Crippen LogP contribution in [0.2, 0.25) is 0 Å². The largest absolute Gasteiger partial charge is 0.454 e. The van der Waals surface area contributed by atoms with Crippen LogP contribution in [-0.2, 0) is 17.8 Å². The minimum absolute atomic E-state index is 0.193. The summed E-state index contributed by atoms with van der Waals surface area (Å²) in [6.07, 6.45) is 2.43. The van der Waals surface area contributed by atoms with E-state index in [2.05, 4.69) is 0 Å². The van der Waals surface area contributed by atoms with E-state index in [1.165, 1.54) is 4.90 Å². The lowest BCUT2D eigenvalue weighted by Gasteiger charge is -2.13. The van der Waals surface area contributed by atoms with Gasteiger partial charge in [0.2, 0.25) is 6.79 Å². The lowest BCUT2D eigenvalue weighted by molar-refractivity contribution is -0.123. The fourth-order valence-electron chi connectivity index (χ4n) is 3.04. The molecule has 0 unspecified atom stereocenters. The number of ether oxygens (including phenoxy) is 2. The highest BCUT2D eigenvalue weighted by Crippen LogP contribution is 2.35. The highest BCUT2D eigenvalue weighted by molar-refractivity contribution is 8.18. The van der Waals surface area contributed by atoms with Gasteiger partial charge in [0.05, 0.1) is 11.4 Å². The molecule has 7 heteroatoms. The molecule has 2 amide bonds. The summed E-state index contributed by atoms with van der Waals surface area (Å²) < 4.78 is 10.7. The first-order valence-electron chi connectivity index (χ1n) is 8.90. The van der Waals surface area contributed by atoms with Crippen molar-refractivity contribution >= 4 is 28.6 Å². The maximum atomic E-state index is 12.7. The molecule has 4 rings (SSSR count). The average Bonchev–Trinajstić information content (AvgIpc) is 3.26. The number of thioether (sulfide) groups is 1. The van der Waals surface area contributed by atoms with Gasteiger partial charge in [-0.15, -0.1) is 0 Å². The van der Waals surface area contributed by atoms with Gasteiger partial charge in [-0.25, -0.2) is 0 Å². The van der Waals surface area contributed by atoms with Gasteiger partial charge in [0, 0.05) is 19.8 Å². The van der Waals surface area contributed by atoms with E-state index in [0.717, 1.165) is 28.6 Å². The van der Waals surface area contributed by atoms with Crippen molar-refractivity contribution in [2.45, 2.75) is 13.0 Å². The molecule has 0 aromatic heterocycles. The van der Waals surface area contributed by atoms with Crippen LogP contribution in [0.25, 0.3) is 0 Å². The molecule has 0 atom stereocenters. The molecular weight excluding hydrogens is 376 g/mol. The van der Waals surface area contributed by atoms with Crippen molar-refractivity contribution in [3.8, 4) is 11.5 Å². The minimum Gasteiger partial charge on any atom is -0.454 e. The van der Waals surface area contributed by atoms with Gasteiger partial charge < -0.3 is 14.4 Å². The Morgan fingerprint density at radius 3 is 2.50 bits per heavy atom. The molecule has 2 aliphatic rings. The predicted octanol–water partition coefficient (Wildman–Crippen LogP) is 3.80. The van der Waals surface area contributed by atoms with Gasteiger partial charge in [-0.05, 0) is 53.6 Å². The van der Waals surface area contributed by atoms with Gasteiger partial charge in [-0.1, -0.05) is 24.3 Å². The molecule has 2 heterocycles. The molecule has 0 spiro atoms. The molecular formula is C21H20N2O4S. The lowest BCUT2D eigenvalue weighted by Crippen LogP contribution is -2.27. The number of benzene rings is 2. The van der Waals surface area contributed by atoms with Crippen molar-refractivity contribution in [2.75, 3.05) is 25.8 Å². The maximum Gasteiger partial charge on any atom is 0.293 e. The zero-order chi connectivity index (χ0) is 19.7. The van der Waals surface area contributed by atoms with Crippen molar-refractivity contribution in [1.82, 2.24) is 4.90 Å². The summed E-state index contributed by atoms with van der Waals surface area (Å²) in [5, 5.41) is -0.253. The smallest absolute Gasteiger partial charge is 0.293 e. The van der Waals surface area contributed by atoms with Crippen molar-refractivity contribution in [3.63, 3.8) is 0 Å². The third-order valence-electron chi connectivity index (χ3n) is 4.63. The first kappa shape index (κ1) is 18.4. The third kappa shape index (κ3) is 3.71. The van der Waals surface area contributed by atoms with E-state index < -0.39 is 0 Å². The summed E-state index contributed by atoms with van der Waals surface area (Å²) in [5.41, 5.74) is 3.04. The Morgan fingerprint density at radius 1 is 1.04 bits per heavy atom. The molecule has 2 aromatic rings. The van der Waals surface area contributed by atoms with Gasteiger partial charge in [0.1, 0.15) is 0 Å². The molecule has 0 bridgehead atoms. The quantitative estimate of drug-likeness (QED) is 0.717. The number of carbonyl (C=O) groups is 2. The van der Waals surface area contributed by atoms with Crippen LogP contribution in [0, 0.1) is 0 Å². The Bertz CT molecular complexity index is 953. The molecule has 2 aliphatic heterocycles. The Morgan fingerprint density at radius 2 is 1.75 bits per heavy atom. The molecule has 144 valence electrons. The lowest BCUT2D eigenvalue weighted by atomic mass is 10.1. The van der Waals surface area contributed by atoms with Crippen LogP contribution in [0.3, 0.4) is 0 Å². The molecule has 0 saturated carbocycles. The van der Waals surface area contributed by atoms with E-state index in [1.54, 1.807) is 6.07 Å². The number of allylic oxidation sites excluding steroid dienone is 1. The first-order chi connectivity index (χ1) is 13.5. The number of hydrogen-bond acceptors (Lipinski definition) is 6. The van der Waals surface area contributed by atoms with Crippen molar-refractivity contribution in [1.29, 1.82) is 0 Å². The maximum absolute atomic E-state index is 12.7. The molecule has 0 radical (unpaired) electrons. The second-order valence-corrected chi connectivity index (χ2v) is 7.77. The number of hydrogen-bond donors (Lipinski definition) is 0. The summed E-state index contributed by atoms with van der Waals surface area (Å²) in [4.78, 5) is 28.8. The molecule has 2 aromatic carbocycles. The van der Waals surface area contributed by atoms with Crippen molar-refractivity contribution in [2.24, 2.45) is 0 Å². The molecule has 28 heavy (non-hydrogen) atoms. The van der Waals surface area contributed by atoms with Crippen LogP contribution in [0.4, 0.5) is 10.5 Å². The van der Waals surface area contributed by atoms with Crippen LogP contribution < -0.4 is 14.4 Å². The highest BCUT2D eigenvalue weighted by Gasteiger charge is 2.35. The number of carbonyl (C=O) groups excluding carboxylic acids is 2. The number of imide groups is 1. The van der Waals surface area contributed by atoms with Gasteiger partial charge in [0.15, 0.2) is 11.5 Å². The van der Waals surface area contributed by atoms with Crippen LogP contribution in [0.15, 0.2) is 53.4 Å². The number of rotatable bonds is 5. The van der Waals surface area contributed by atoms with E-state index in [9.17, 15) is 9.59 Å². The number of anilines is 1. The zero-order valence-electron chi connectivity index (χ0n) is 15.7. The highest BCUT2D eigenvalue weighted by atomic mass is 32.2. The molecule has 1 saturated heterocycles. The van der Waals surface area contributed by atoms with Crippen LogP contribution in [0.5, 0.6) is 11.5 Å². The van der Waals surface area contributed by atoms with Gasteiger partial charge >= 0.3 is 0 Å². The van der Waals surface area contributed by atoms with Gasteiger partial charge in [-0.2, -0.15) is 0 Å². The van der Waals surface area contributed by atoms with Crippen molar-refractivity contribution < 1.29 is 19.1 Å². The topological polar surface area (TPSA) is 59.1 Å². The SMILES string of the molecule is CN(C)c1ccc(C/C=C2\SC(=O)N(Cc3ccc4c(c3)OCO4)C2=O)cc1. The Balaban J connectivity index is 1.43. The number of amides is 2. The monoisotopic (exact) mass is 396 g/mol. The predicted molar refractivity (Wildman–Crippen MR) is 109 cm³/mol. The minimum atomic E-state index is -0.253. The zero-order valence-corrected chi connectivity index (χ0v) is 16.5. The summed E-state index contributed by atoms with van der Waals surface area (Å²) in [5.74, 6) is 1.07. The summed E-state index contributed by atoms with van der Waals surface area (Å²) in [7, 11) is 3.98. The molecule has 0 aliphatic carbocycles. The number of fused-ring (bicyclic) bond motifs is 1. The van der Waals surface area contributed by atoms with Crippen LogP contribution >= 0.6 is 11.8 Å². The third-order valence-corrected chi connectivity index (χ3v) is 5.58. The molecule has 1 fully saturated rings. The normalized spacial score (nSPS) is 16.9. The van der Waals surface area contributed by atoms with Gasteiger partial charge in [0.25, 0.3) is 11.1 Å². The van der Waals surface area contributed by atoms with E-state index in [4.69, 9.17) is 9.47 Å². The molecule has 0 N–H and O–H groups in total. The Kier molecular flexibility index (Phi) is 5.00. The summed E-state index contributed by atoms with van der Waals surface area (Å²) >= 11 is 0.988. The van der Waals surface area contributed by atoms with E-state index in [-0.39, 0.29) is 24.5 Å². The fraction of sp³-hybridized carbons (Fsp3) is 0.238. The standard InChI is InChI=1S/C21H20N2O4S/c1-22(2)16-7-3-14(4-8-16)6-10-19-20(24)23(21(25)28-19)12-15-5-9-17-18(11-15)27-13-26-17/h3-5,7-11H,6,12-13H2,1-2H3/b19-10-. The number of nitrogens with zero attached hydrogens (tertiary/aromatic N) is 2. The van der Waals surface area contributed by atoms with Crippen LogP contribution in [-0.4, -0.2) is 36.9 Å². The Hall–Kier alpha value is -2.93. The Labute approximate surface area is 167 Å². The average molecular weight is 396 g/mol. The van der Waals surface area contributed by atoms with E-state index in [0.29, 0.717) is 22.8 Å².